The number of aromatic nitrogens is 1. The van der Waals surface area contributed by atoms with Gasteiger partial charge in [0, 0.05) is 13.1 Å². The maximum Gasteiger partial charge on any atom is 0.268 e. The number of thioether (sulfide) groups is 1. The normalized spacial score (nSPS) is 13.1. The van der Waals surface area contributed by atoms with Crippen molar-refractivity contribution in [3.05, 3.63) is 56.0 Å². The van der Waals surface area contributed by atoms with Crippen LogP contribution in [0, 0.1) is 0 Å². The van der Waals surface area contributed by atoms with Gasteiger partial charge in [0.1, 0.15) is 5.75 Å². The molecule has 126 valence electrons. The zero-order valence-electron chi connectivity index (χ0n) is 13.7. The number of phenols is 1. The minimum absolute atomic E-state index is 0.0341. The fourth-order valence-electron chi connectivity index (χ4n) is 2.04. The van der Waals surface area contributed by atoms with E-state index in [4.69, 9.17) is 0 Å². The Morgan fingerprint density at radius 2 is 2.17 bits per heavy atom. The summed E-state index contributed by atoms with van der Waals surface area (Å²) in [5, 5.41) is 10.7. The predicted octanol–water partition coefficient (Wildman–Crippen LogP) is 2.59. The third-order valence-corrected chi connectivity index (χ3v) is 5.19. The van der Waals surface area contributed by atoms with Crippen LogP contribution in [0.5, 0.6) is 5.75 Å². The molecule has 2 aromatic rings. The van der Waals surface area contributed by atoms with Gasteiger partial charge in [0.2, 0.25) is 0 Å². The largest absolute Gasteiger partial charge is 0.507 e. The first-order valence-corrected chi connectivity index (χ1v) is 9.27. The van der Waals surface area contributed by atoms with Crippen molar-refractivity contribution in [3.63, 3.8) is 0 Å². The van der Waals surface area contributed by atoms with Crippen LogP contribution < -0.4 is 14.8 Å². The molecule has 0 spiro atoms. The van der Waals surface area contributed by atoms with Crippen molar-refractivity contribution < 1.29 is 5.11 Å². The van der Waals surface area contributed by atoms with E-state index >= 15 is 0 Å². The van der Waals surface area contributed by atoms with E-state index in [1.165, 1.54) is 23.1 Å². The molecule has 1 N–H and O–H groups in total. The smallest absolute Gasteiger partial charge is 0.268 e. The van der Waals surface area contributed by atoms with Gasteiger partial charge in [0.15, 0.2) is 0 Å². The van der Waals surface area contributed by atoms with E-state index in [0.717, 1.165) is 14.6 Å². The number of para-hydroxylation sites is 1. The van der Waals surface area contributed by atoms with Gasteiger partial charge in [-0.1, -0.05) is 36.5 Å². The standard InChI is InChI=1S/C18H20N2O2S2/c1-4-19-16(24-15-10-7-6-9-14(15)21)11-8-12-17-20(5-2)18(22)13(3)23-17/h6-12,21H,3-5H2,1-2H3/b11-8+,17-12+,19-16+. The van der Waals surface area contributed by atoms with Gasteiger partial charge in [0.25, 0.3) is 5.56 Å². The number of phenolic OH excluding ortho intramolecular Hbond substituents is 1. The fourth-order valence-corrected chi connectivity index (χ4v) is 3.85. The highest BCUT2D eigenvalue weighted by Crippen LogP contribution is 2.29. The molecular formula is C18H20N2O2S2. The van der Waals surface area contributed by atoms with Crippen LogP contribution in [-0.4, -0.2) is 21.3 Å². The second-order valence-electron chi connectivity index (χ2n) is 4.82. The van der Waals surface area contributed by atoms with Crippen molar-refractivity contribution >= 4 is 40.8 Å². The summed E-state index contributed by atoms with van der Waals surface area (Å²) < 4.78 is 3.11. The average molecular weight is 361 g/mol. The van der Waals surface area contributed by atoms with E-state index in [-0.39, 0.29) is 11.3 Å². The lowest BCUT2D eigenvalue weighted by atomic mass is 10.3. The van der Waals surface area contributed by atoms with E-state index in [2.05, 4.69) is 11.6 Å². The molecule has 4 nitrogen and oxygen atoms in total. The van der Waals surface area contributed by atoms with Crippen LogP contribution in [-0.2, 0) is 6.54 Å². The summed E-state index contributed by atoms with van der Waals surface area (Å²) in [6.07, 6.45) is 5.65. The second-order valence-corrected chi connectivity index (χ2v) is 7.00. The fraction of sp³-hybridized carbons (Fsp3) is 0.222. The number of hydrogen-bond donors (Lipinski definition) is 1. The van der Waals surface area contributed by atoms with Crippen molar-refractivity contribution in [1.29, 1.82) is 0 Å². The summed E-state index contributed by atoms with van der Waals surface area (Å²) in [6, 6.07) is 7.18. The molecule has 0 aliphatic heterocycles. The third-order valence-electron chi connectivity index (χ3n) is 3.17. The minimum atomic E-state index is -0.0341. The first-order valence-electron chi connectivity index (χ1n) is 7.64. The number of aliphatic imine (C=N–C) groups is 1. The van der Waals surface area contributed by atoms with Crippen molar-refractivity contribution in [2.45, 2.75) is 25.3 Å². The van der Waals surface area contributed by atoms with Crippen LogP contribution in [0.4, 0.5) is 0 Å². The average Bonchev–Trinajstić information content (AvgIpc) is 2.83. The molecule has 0 atom stereocenters. The van der Waals surface area contributed by atoms with E-state index < -0.39 is 0 Å². The molecule has 0 amide bonds. The number of allylic oxidation sites excluding steroid dienone is 1. The molecule has 1 aromatic carbocycles. The SMILES string of the molecule is C=c1s/c(=C/C=C/C(=N\CC)Sc2ccccc2O)n(CC)c1=O. The molecule has 24 heavy (non-hydrogen) atoms. The molecule has 0 fully saturated rings. The Balaban J connectivity index is 2.27. The van der Waals surface area contributed by atoms with Gasteiger partial charge < -0.3 is 5.11 Å². The number of benzene rings is 1. The van der Waals surface area contributed by atoms with Gasteiger partial charge >= 0.3 is 0 Å². The molecule has 0 saturated heterocycles. The van der Waals surface area contributed by atoms with Gasteiger partial charge in [-0.2, -0.15) is 0 Å². The summed E-state index contributed by atoms with van der Waals surface area (Å²) in [4.78, 5) is 17.1. The maximum absolute atomic E-state index is 11.9. The van der Waals surface area contributed by atoms with Gasteiger partial charge in [0.05, 0.1) is 19.1 Å². The monoisotopic (exact) mass is 360 g/mol. The summed E-state index contributed by atoms with van der Waals surface area (Å²) in [5.74, 6) is 0.239. The molecule has 0 bridgehead atoms. The van der Waals surface area contributed by atoms with Crippen LogP contribution in [0.1, 0.15) is 13.8 Å². The van der Waals surface area contributed by atoms with Crippen LogP contribution in [0.3, 0.4) is 0 Å². The van der Waals surface area contributed by atoms with E-state index in [1.54, 1.807) is 16.7 Å². The lowest BCUT2D eigenvalue weighted by Gasteiger charge is -2.03. The molecule has 0 saturated carbocycles. The highest BCUT2D eigenvalue weighted by atomic mass is 32.2. The Bertz CT molecular complexity index is 923. The third kappa shape index (κ3) is 4.49. The molecule has 0 aliphatic carbocycles. The number of aromatic hydroxyl groups is 1. The van der Waals surface area contributed by atoms with Gasteiger partial charge in [-0.05, 0) is 38.1 Å². The minimum Gasteiger partial charge on any atom is -0.507 e. The van der Waals surface area contributed by atoms with E-state index in [1.807, 2.05) is 44.2 Å². The molecule has 6 heteroatoms. The maximum atomic E-state index is 11.9. The predicted molar refractivity (Wildman–Crippen MR) is 105 cm³/mol. The van der Waals surface area contributed by atoms with Crippen LogP contribution >= 0.6 is 23.1 Å². The van der Waals surface area contributed by atoms with Gasteiger partial charge in [-0.25, -0.2) is 0 Å². The molecule has 0 radical (unpaired) electrons. The molecular weight excluding hydrogens is 340 g/mol. The second kappa shape index (κ2) is 8.70. The molecule has 1 aromatic heterocycles. The first-order chi connectivity index (χ1) is 11.6. The summed E-state index contributed by atoms with van der Waals surface area (Å²) in [7, 11) is 0. The zero-order valence-corrected chi connectivity index (χ0v) is 15.4. The Morgan fingerprint density at radius 1 is 1.42 bits per heavy atom. The Hall–Kier alpha value is -2.05. The van der Waals surface area contributed by atoms with Crippen molar-refractivity contribution in [2.75, 3.05) is 6.54 Å². The highest BCUT2D eigenvalue weighted by Gasteiger charge is 2.04. The number of nitrogens with zero attached hydrogens (tertiary/aromatic N) is 2. The number of hydrogen-bond acceptors (Lipinski definition) is 5. The van der Waals surface area contributed by atoms with Crippen LogP contribution in [0.2, 0.25) is 0 Å². The van der Waals surface area contributed by atoms with Crippen LogP contribution in [0.15, 0.2) is 51.1 Å². The molecule has 0 unspecified atom stereocenters. The first kappa shape index (κ1) is 18.3. The van der Waals surface area contributed by atoms with Crippen molar-refractivity contribution in [1.82, 2.24) is 4.57 Å². The Kier molecular flexibility index (Phi) is 6.63. The Morgan fingerprint density at radius 3 is 2.83 bits per heavy atom. The summed E-state index contributed by atoms with van der Waals surface area (Å²) in [6.45, 7) is 8.95. The topological polar surface area (TPSA) is 54.6 Å². The van der Waals surface area contributed by atoms with Gasteiger partial charge in [-0.15, -0.1) is 11.3 Å². The molecule has 0 aliphatic rings. The lowest BCUT2D eigenvalue weighted by Crippen LogP contribution is -2.29. The van der Waals surface area contributed by atoms with Crippen molar-refractivity contribution in [3.8, 4) is 5.75 Å². The number of thiazole rings is 1. The highest BCUT2D eigenvalue weighted by molar-refractivity contribution is 8.14. The lowest BCUT2D eigenvalue weighted by molar-refractivity contribution is 0.462. The van der Waals surface area contributed by atoms with E-state index in [0.29, 0.717) is 17.6 Å². The quantitative estimate of drug-likeness (QED) is 0.507. The number of rotatable bonds is 5. The molecule has 1 heterocycles. The summed E-state index contributed by atoms with van der Waals surface area (Å²) in [5.41, 5.74) is -0.0341. The van der Waals surface area contributed by atoms with Gasteiger partial charge in [-0.3, -0.25) is 14.4 Å². The van der Waals surface area contributed by atoms with Crippen molar-refractivity contribution in [2.24, 2.45) is 4.99 Å². The zero-order chi connectivity index (χ0) is 17.5. The van der Waals surface area contributed by atoms with Crippen LogP contribution in [0.25, 0.3) is 12.7 Å². The van der Waals surface area contributed by atoms with E-state index in [9.17, 15) is 9.90 Å². The molecule has 2 rings (SSSR count). The Labute approximate surface area is 149 Å². The summed E-state index contributed by atoms with van der Waals surface area (Å²) >= 11 is 2.79.